The standard InChI is InChI=1S/C14H17N3O4/c1-19-13-12-15-10(5-9-3-4-21-8-9)6-17(12)7-11(16-13)14(18)20-2/h6-7,9H,3-5,8H2,1-2H3. The maximum Gasteiger partial charge on any atom is 0.358 e. The number of ether oxygens (including phenoxy) is 3. The van der Waals surface area contributed by atoms with Crippen LogP contribution >= 0.6 is 0 Å². The number of hydrogen-bond acceptors (Lipinski definition) is 6. The Hall–Kier alpha value is -2.15. The van der Waals surface area contributed by atoms with Gasteiger partial charge in [-0.2, -0.15) is 0 Å². The van der Waals surface area contributed by atoms with E-state index < -0.39 is 5.97 Å². The Bertz CT molecular complexity index is 662. The Morgan fingerprint density at radius 1 is 1.43 bits per heavy atom. The van der Waals surface area contributed by atoms with Gasteiger partial charge in [0.2, 0.25) is 5.65 Å². The maximum atomic E-state index is 11.6. The molecule has 1 aliphatic rings. The molecule has 0 spiro atoms. The highest BCUT2D eigenvalue weighted by Gasteiger charge is 2.20. The summed E-state index contributed by atoms with van der Waals surface area (Å²) in [6, 6.07) is 0. The van der Waals surface area contributed by atoms with Gasteiger partial charge in [0, 0.05) is 25.6 Å². The summed E-state index contributed by atoms with van der Waals surface area (Å²) in [4.78, 5) is 20.3. The van der Waals surface area contributed by atoms with Crippen LogP contribution in [0.25, 0.3) is 5.65 Å². The molecule has 1 fully saturated rings. The first-order chi connectivity index (χ1) is 10.2. The molecule has 21 heavy (non-hydrogen) atoms. The number of rotatable bonds is 4. The molecule has 2 aromatic heterocycles. The van der Waals surface area contributed by atoms with Gasteiger partial charge >= 0.3 is 5.97 Å². The van der Waals surface area contributed by atoms with Crippen LogP contribution < -0.4 is 4.74 Å². The molecule has 0 saturated carbocycles. The largest absolute Gasteiger partial charge is 0.478 e. The molecule has 0 bridgehead atoms. The lowest BCUT2D eigenvalue weighted by molar-refractivity contribution is 0.0592. The van der Waals surface area contributed by atoms with E-state index in [1.165, 1.54) is 14.2 Å². The third-order valence-electron chi connectivity index (χ3n) is 3.57. The first-order valence-electron chi connectivity index (χ1n) is 6.80. The van der Waals surface area contributed by atoms with Crippen molar-refractivity contribution in [1.29, 1.82) is 0 Å². The van der Waals surface area contributed by atoms with Gasteiger partial charge in [-0.25, -0.2) is 14.8 Å². The lowest BCUT2D eigenvalue weighted by atomic mass is 10.0. The lowest BCUT2D eigenvalue weighted by Gasteiger charge is -2.04. The third kappa shape index (κ3) is 2.69. The first-order valence-corrected chi connectivity index (χ1v) is 6.80. The first kappa shape index (κ1) is 13.8. The van der Waals surface area contributed by atoms with Crippen molar-refractivity contribution in [2.75, 3.05) is 27.4 Å². The number of methoxy groups -OCH3 is 2. The zero-order valence-electron chi connectivity index (χ0n) is 12.0. The van der Waals surface area contributed by atoms with Gasteiger partial charge in [-0.3, -0.25) is 4.40 Å². The van der Waals surface area contributed by atoms with Crippen molar-refractivity contribution in [1.82, 2.24) is 14.4 Å². The molecule has 0 radical (unpaired) electrons. The van der Waals surface area contributed by atoms with Gasteiger partial charge in [-0.15, -0.1) is 0 Å². The van der Waals surface area contributed by atoms with Crippen molar-refractivity contribution < 1.29 is 19.0 Å². The van der Waals surface area contributed by atoms with Crippen LogP contribution in [0.5, 0.6) is 5.88 Å². The molecule has 7 nitrogen and oxygen atoms in total. The summed E-state index contributed by atoms with van der Waals surface area (Å²) in [6.07, 6.45) is 5.39. The Labute approximate surface area is 121 Å². The molecular formula is C14H17N3O4. The van der Waals surface area contributed by atoms with E-state index >= 15 is 0 Å². The van der Waals surface area contributed by atoms with Crippen LogP contribution in [0, 0.1) is 5.92 Å². The number of carbonyl (C=O) groups excluding carboxylic acids is 1. The highest BCUT2D eigenvalue weighted by atomic mass is 16.5. The lowest BCUT2D eigenvalue weighted by Crippen LogP contribution is -2.07. The minimum atomic E-state index is -0.505. The normalized spacial score (nSPS) is 18.1. The highest BCUT2D eigenvalue weighted by Crippen LogP contribution is 2.22. The van der Waals surface area contributed by atoms with E-state index in [0.717, 1.165) is 31.7 Å². The SMILES string of the molecule is COC(=O)c1cn2cc(CC3CCOC3)nc2c(OC)n1. The van der Waals surface area contributed by atoms with E-state index in [-0.39, 0.29) is 5.69 Å². The smallest absolute Gasteiger partial charge is 0.358 e. The fourth-order valence-corrected chi connectivity index (χ4v) is 2.50. The second-order valence-electron chi connectivity index (χ2n) is 5.02. The second kappa shape index (κ2) is 5.69. The van der Waals surface area contributed by atoms with Crippen LogP contribution in [-0.2, 0) is 15.9 Å². The molecule has 0 amide bonds. The Morgan fingerprint density at radius 3 is 2.95 bits per heavy atom. The number of fused-ring (bicyclic) bond motifs is 1. The molecule has 2 aromatic rings. The molecular weight excluding hydrogens is 274 g/mol. The van der Waals surface area contributed by atoms with Crippen LogP contribution in [-0.4, -0.2) is 47.8 Å². The molecule has 3 heterocycles. The maximum absolute atomic E-state index is 11.6. The number of carbonyl (C=O) groups is 1. The van der Waals surface area contributed by atoms with Gasteiger partial charge in [0.1, 0.15) is 0 Å². The monoisotopic (exact) mass is 291 g/mol. The molecule has 0 aliphatic carbocycles. The summed E-state index contributed by atoms with van der Waals surface area (Å²) in [5.74, 6) is 0.301. The molecule has 112 valence electrons. The van der Waals surface area contributed by atoms with Crippen LogP contribution in [0.1, 0.15) is 22.6 Å². The van der Waals surface area contributed by atoms with Crippen LogP contribution in [0.4, 0.5) is 0 Å². The van der Waals surface area contributed by atoms with Crippen molar-refractivity contribution in [3.63, 3.8) is 0 Å². The predicted molar refractivity (Wildman–Crippen MR) is 73.5 cm³/mol. The van der Waals surface area contributed by atoms with E-state index in [1.807, 2.05) is 6.20 Å². The average molecular weight is 291 g/mol. The summed E-state index contributed by atoms with van der Waals surface area (Å²) < 4.78 is 17.0. The summed E-state index contributed by atoms with van der Waals surface area (Å²) in [5.41, 5.74) is 1.72. The summed E-state index contributed by atoms with van der Waals surface area (Å²) >= 11 is 0. The third-order valence-corrected chi connectivity index (χ3v) is 3.57. The summed E-state index contributed by atoms with van der Waals surface area (Å²) in [7, 11) is 2.82. The summed E-state index contributed by atoms with van der Waals surface area (Å²) in [5, 5.41) is 0. The number of imidazole rings is 1. The Kier molecular flexibility index (Phi) is 3.74. The quantitative estimate of drug-likeness (QED) is 0.785. The van der Waals surface area contributed by atoms with Gasteiger partial charge in [0.05, 0.1) is 19.9 Å². The van der Waals surface area contributed by atoms with Crippen LogP contribution in [0.2, 0.25) is 0 Å². The van der Waals surface area contributed by atoms with E-state index in [4.69, 9.17) is 14.2 Å². The van der Waals surface area contributed by atoms with E-state index in [1.54, 1.807) is 10.6 Å². The van der Waals surface area contributed by atoms with Gasteiger partial charge in [-0.1, -0.05) is 0 Å². The van der Waals surface area contributed by atoms with Gasteiger partial charge in [0.25, 0.3) is 5.88 Å². The molecule has 0 aromatic carbocycles. The topological polar surface area (TPSA) is 75.0 Å². The summed E-state index contributed by atoms with van der Waals surface area (Å²) in [6.45, 7) is 1.59. The molecule has 0 N–H and O–H groups in total. The number of nitrogens with zero attached hydrogens (tertiary/aromatic N) is 3. The van der Waals surface area contributed by atoms with E-state index in [9.17, 15) is 4.79 Å². The predicted octanol–water partition coefficient (Wildman–Crippen LogP) is 1.10. The van der Waals surface area contributed by atoms with Crippen LogP contribution in [0.3, 0.4) is 0 Å². The van der Waals surface area contributed by atoms with Crippen molar-refractivity contribution in [3.8, 4) is 5.88 Å². The van der Waals surface area contributed by atoms with Crippen molar-refractivity contribution in [3.05, 3.63) is 23.8 Å². The Morgan fingerprint density at radius 2 is 2.29 bits per heavy atom. The minimum absolute atomic E-state index is 0.190. The molecule has 3 rings (SSSR count). The number of hydrogen-bond donors (Lipinski definition) is 0. The molecule has 7 heteroatoms. The minimum Gasteiger partial charge on any atom is -0.478 e. The second-order valence-corrected chi connectivity index (χ2v) is 5.02. The fraction of sp³-hybridized carbons (Fsp3) is 0.500. The highest BCUT2D eigenvalue weighted by molar-refractivity contribution is 5.87. The molecule has 1 atom stereocenters. The number of esters is 1. The van der Waals surface area contributed by atoms with E-state index in [0.29, 0.717) is 17.4 Å². The average Bonchev–Trinajstić information content (AvgIpc) is 3.14. The van der Waals surface area contributed by atoms with Gasteiger partial charge in [0.15, 0.2) is 5.69 Å². The molecule has 1 aliphatic heterocycles. The van der Waals surface area contributed by atoms with E-state index in [2.05, 4.69) is 9.97 Å². The van der Waals surface area contributed by atoms with Crippen molar-refractivity contribution in [2.24, 2.45) is 5.92 Å². The van der Waals surface area contributed by atoms with Crippen molar-refractivity contribution in [2.45, 2.75) is 12.8 Å². The van der Waals surface area contributed by atoms with Crippen molar-refractivity contribution >= 4 is 11.6 Å². The molecule has 1 unspecified atom stereocenters. The van der Waals surface area contributed by atoms with Crippen LogP contribution in [0.15, 0.2) is 12.4 Å². The van der Waals surface area contributed by atoms with Gasteiger partial charge < -0.3 is 14.2 Å². The van der Waals surface area contributed by atoms with Gasteiger partial charge in [-0.05, 0) is 18.8 Å². The molecule has 1 saturated heterocycles. The zero-order valence-corrected chi connectivity index (χ0v) is 12.0. The zero-order chi connectivity index (χ0) is 14.8. The Balaban J connectivity index is 1.96. The number of aromatic nitrogens is 3. The fourth-order valence-electron chi connectivity index (χ4n) is 2.50.